The van der Waals surface area contributed by atoms with Crippen molar-refractivity contribution in [2.24, 2.45) is 0 Å². The third-order valence-corrected chi connectivity index (χ3v) is 2.96. The van der Waals surface area contributed by atoms with Gasteiger partial charge in [0, 0.05) is 19.4 Å². The summed E-state index contributed by atoms with van der Waals surface area (Å²) in [5, 5.41) is 14.8. The number of hydrogen-bond acceptors (Lipinski definition) is 6. The molecule has 7 heteroatoms. The molecule has 2 heterocycles. The van der Waals surface area contributed by atoms with E-state index in [1.807, 2.05) is 24.3 Å². The smallest absolute Gasteiger partial charge is 0.322 e. The second-order valence-electron chi connectivity index (χ2n) is 4.41. The molecule has 1 amide bonds. The first kappa shape index (κ1) is 13.0. The zero-order valence-corrected chi connectivity index (χ0v) is 11.5. The monoisotopic (exact) mass is 283 g/mol. The van der Waals surface area contributed by atoms with Crippen molar-refractivity contribution in [1.82, 2.24) is 15.2 Å². The van der Waals surface area contributed by atoms with Gasteiger partial charge in [-0.15, -0.1) is 5.10 Å². The van der Waals surface area contributed by atoms with E-state index in [4.69, 9.17) is 4.42 Å². The lowest BCUT2D eigenvalue weighted by Crippen LogP contribution is -2.14. The van der Waals surface area contributed by atoms with Gasteiger partial charge in [-0.2, -0.15) is 0 Å². The summed E-state index contributed by atoms with van der Waals surface area (Å²) in [6, 6.07) is 9.46. The first-order valence-corrected chi connectivity index (χ1v) is 6.36. The molecule has 0 saturated heterocycles. The van der Waals surface area contributed by atoms with Crippen molar-refractivity contribution in [2.45, 2.75) is 6.92 Å². The molecule has 0 atom stereocenters. The topological polar surface area (TPSA) is 92.9 Å². The zero-order chi connectivity index (χ0) is 14.8. The van der Waals surface area contributed by atoms with Crippen molar-refractivity contribution < 1.29 is 9.21 Å². The molecular weight excluding hydrogens is 270 g/mol. The Morgan fingerprint density at radius 2 is 2.05 bits per heavy atom. The molecule has 0 aliphatic carbocycles. The fraction of sp³-hybridized carbons (Fsp3) is 0.143. The van der Waals surface area contributed by atoms with Gasteiger partial charge in [-0.1, -0.05) is 29.4 Å². The fourth-order valence-electron chi connectivity index (χ4n) is 2.01. The SMILES string of the molecule is CNc1nc(C(=O)Nc2nnc(C)o2)cc2ccccc12. The number of fused-ring (bicyclic) bond motifs is 1. The summed E-state index contributed by atoms with van der Waals surface area (Å²) in [5.41, 5.74) is 0.272. The van der Waals surface area contributed by atoms with E-state index in [2.05, 4.69) is 25.8 Å². The van der Waals surface area contributed by atoms with Crippen LogP contribution in [0.5, 0.6) is 0 Å². The molecule has 1 aromatic carbocycles. The maximum absolute atomic E-state index is 12.2. The van der Waals surface area contributed by atoms with E-state index in [0.29, 0.717) is 11.7 Å². The maximum Gasteiger partial charge on any atom is 0.322 e. The Hall–Kier alpha value is -2.96. The first-order valence-electron chi connectivity index (χ1n) is 6.36. The van der Waals surface area contributed by atoms with Crippen molar-refractivity contribution in [2.75, 3.05) is 17.7 Å². The third-order valence-electron chi connectivity index (χ3n) is 2.96. The average molecular weight is 283 g/mol. The Bertz CT molecular complexity index is 812. The lowest BCUT2D eigenvalue weighted by atomic mass is 10.1. The molecule has 3 rings (SSSR count). The fourth-order valence-corrected chi connectivity index (χ4v) is 2.01. The van der Waals surface area contributed by atoms with Crippen LogP contribution in [0.2, 0.25) is 0 Å². The van der Waals surface area contributed by atoms with Crippen LogP contribution >= 0.6 is 0 Å². The van der Waals surface area contributed by atoms with Crippen LogP contribution in [0.15, 0.2) is 34.7 Å². The Morgan fingerprint density at radius 3 is 2.76 bits per heavy atom. The van der Waals surface area contributed by atoms with Crippen molar-refractivity contribution in [3.05, 3.63) is 41.9 Å². The van der Waals surface area contributed by atoms with Crippen LogP contribution in [-0.4, -0.2) is 28.1 Å². The number of anilines is 2. The van der Waals surface area contributed by atoms with Gasteiger partial charge in [0.2, 0.25) is 5.89 Å². The molecule has 106 valence electrons. The Labute approximate surface area is 120 Å². The number of nitrogens with one attached hydrogen (secondary N) is 2. The van der Waals surface area contributed by atoms with Crippen LogP contribution < -0.4 is 10.6 Å². The minimum absolute atomic E-state index is 0.0541. The minimum Gasteiger partial charge on any atom is -0.408 e. The average Bonchev–Trinajstić information content (AvgIpc) is 2.91. The summed E-state index contributed by atoms with van der Waals surface area (Å²) >= 11 is 0. The van der Waals surface area contributed by atoms with E-state index < -0.39 is 5.91 Å². The molecule has 3 aromatic rings. The molecule has 0 saturated carbocycles. The number of carbonyl (C=O) groups excluding carboxylic acids is 1. The van der Waals surface area contributed by atoms with E-state index in [9.17, 15) is 4.79 Å². The van der Waals surface area contributed by atoms with Crippen LogP contribution in [0.3, 0.4) is 0 Å². The van der Waals surface area contributed by atoms with Gasteiger partial charge in [0.1, 0.15) is 11.5 Å². The van der Waals surface area contributed by atoms with E-state index in [1.54, 1.807) is 20.0 Å². The molecule has 0 bridgehead atoms. The molecule has 21 heavy (non-hydrogen) atoms. The van der Waals surface area contributed by atoms with Crippen molar-refractivity contribution in [3.63, 3.8) is 0 Å². The summed E-state index contributed by atoms with van der Waals surface area (Å²) in [5.74, 6) is 0.619. The molecule has 0 spiro atoms. The molecule has 0 aliphatic rings. The highest BCUT2D eigenvalue weighted by Gasteiger charge is 2.14. The Morgan fingerprint density at radius 1 is 1.24 bits per heavy atom. The number of rotatable bonds is 3. The molecule has 0 radical (unpaired) electrons. The summed E-state index contributed by atoms with van der Waals surface area (Å²) < 4.78 is 5.12. The highest BCUT2D eigenvalue weighted by atomic mass is 16.4. The molecular formula is C14H13N5O2. The number of pyridine rings is 1. The number of benzene rings is 1. The third kappa shape index (κ3) is 2.53. The molecule has 0 fully saturated rings. The highest BCUT2D eigenvalue weighted by Crippen LogP contribution is 2.22. The quantitative estimate of drug-likeness (QED) is 0.765. The van der Waals surface area contributed by atoms with Crippen LogP contribution in [0, 0.1) is 6.92 Å². The van der Waals surface area contributed by atoms with Gasteiger partial charge < -0.3 is 9.73 Å². The molecule has 7 nitrogen and oxygen atoms in total. The predicted molar refractivity (Wildman–Crippen MR) is 78.3 cm³/mol. The van der Waals surface area contributed by atoms with Gasteiger partial charge >= 0.3 is 6.01 Å². The number of aromatic nitrogens is 3. The number of hydrogen-bond donors (Lipinski definition) is 2. The van der Waals surface area contributed by atoms with Gasteiger partial charge in [0.25, 0.3) is 5.91 Å². The minimum atomic E-state index is -0.402. The van der Waals surface area contributed by atoms with Gasteiger partial charge in [-0.05, 0) is 11.5 Å². The van der Waals surface area contributed by atoms with E-state index in [1.165, 1.54) is 0 Å². The van der Waals surface area contributed by atoms with E-state index in [-0.39, 0.29) is 11.7 Å². The molecule has 0 aliphatic heterocycles. The van der Waals surface area contributed by atoms with Crippen molar-refractivity contribution >= 4 is 28.5 Å². The van der Waals surface area contributed by atoms with Gasteiger partial charge in [0.15, 0.2) is 0 Å². The number of nitrogens with zero attached hydrogens (tertiary/aromatic N) is 3. The van der Waals surface area contributed by atoms with Gasteiger partial charge in [-0.3, -0.25) is 10.1 Å². The summed E-state index contributed by atoms with van der Waals surface area (Å²) in [4.78, 5) is 16.5. The van der Waals surface area contributed by atoms with E-state index in [0.717, 1.165) is 10.8 Å². The standard InChI is InChI=1S/C14H13N5O2/c1-8-18-19-14(21-8)17-13(20)11-7-9-5-3-4-6-10(9)12(15-2)16-11/h3-7H,1-2H3,(H,15,16)(H,17,19,20). The van der Waals surface area contributed by atoms with Crippen LogP contribution in [-0.2, 0) is 0 Å². The van der Waals surface area contributed by atoms with Crippen LogP contribution in [0.4, 0.5) is 11.8 Å². The lowest BCUT2D eigenvalue weighted by molar-refractivity contribution is 0.101. The van der Waals surface area contributed by atoms with Gasteiger partial charge in [0.05, 0.1) is 0 Å². The zero-order valence-electron chi connectivity index (χ0n) is 11.5. The summed E-state index contributed by atoms with van der Waals surface area (Å²) in [6.45, 7) is 1.65. The number of amides is 1. The molecule has 2 N–H and O–H groups in total. The summed E-state index contributed by atoms with van der Waals surface area (Å²) in [7, 11) is 1.76. The van der Waals surface area contributed by atoms with Crippen molar-refractivity contribution in [1.29, 1.82) is 0 Å². The largest absolute Gasteiger partial charge is 0.408 e. The first-order chi connectivity index (χ1) is 10.2. The van der Waals surface area contributed by atoms with Gasteiger partial charge in [-0.25, -0.2) is 4.98 Å². The summed E-state index contributed by atoms with van der Waals surface area (Å²) in [6.07, 6.45) is 0. The molecule has 0 unspecified atom stereocenters. The highest BCUT2D eigenvalue weighted by molar-refractivity contribution is 6.05. The van der Waals surface area contributed by atoms with E-state index >= 15 is 0 Å². The second-order valence-corrected chi connectivity index (χ2v) is 4.41. The normalized spacial score (nSPS) is 10.6. The number of aryl methyl sites for hydroxylation is 1. The Kier molecular flexibility index (Phi) is 3.23. The Balaban J connectivity index is 1.98. The van der Waals surface area contributed by atoms with Crippen molar-refractivity contribution in [3.8, 4) is 0 Å². The molecule has 2 aromatic heterocycles. The van der Waals surface area contributed by atoms with Crippen LogP contribution in [0.25, 0.3) is 10.8 Å². The maximum atomic E-state index is 12.2. The second kappa shape index (κ2) is 5.20. The predicted octanol–water partition coefficient (Wildman–Crippen LogP) is 2.22. The van der Waals surface area contributed by atoms with Crippen LogP contribution in [0.1, 0.15) is 16.4 Å². The number of carbonyl (C=O) groups is 1. The lowest BCUT2D eigenvalue weighted by Gasteiger charge is -2.08.